The summed E-state index contributed by atoms with van der Waals surface area (Å²) in [6.45, 7) is 9.33. The number of hydrogen-bond acceptors (Lipinski definition) is 2. The molecule has 1 aromatic heterocycles. The highest BCUT2D eigenvalue weighted by molar-refractivity contribution is 5.81. The molecule has 1 aromatic rings. The molecule has 0 spiro atoms. The Morgan fingerprint density at radius 3 is 2.33 bits per heavy atom. The Kier molecular flexibility index (Phi) is 3.55. The number of hydrogen-bond donors (Lipinski definition) is 0. The predicted octanol–water partition coefficient (Wildman–Crippen LogP) is 1.20. The van der Waals surface area contributed by atoms with Crippen LogP contribution in [0.15, 0.2) is 24.4 Å². The summed E-state index contributed by atoms with van der Waals surface area (Å²) in [5.41, 5.74) is -0.277. The molecule has 98 valence electrons. The summed E-state index contributed by atoms with van der Waals surface area (Å²) in [6.07, 6.45) is 1.93. The molecule has 0 unspecified atom stereocenters. The lowest BCUT2D eigenvalue weighted by Crippen LogP contribution is -2.52. The van der Waals surface area contributed by atoms with Crippen LogP contribution < -0.4 is 9.88 Å². The Balaban J connectivity index is 1.95. The van der Waals surface area contributed by atoms with Crippen LogP contribution in [-0.4, -0.2) is 37.0 Å². The number of nitrogens with zero attached hydrogens (tertiary/aromatic N) is 2. The quantitative estimate of drug-likeness (QED) is 0.749. The standard InChI is InChI=1S/C14H21N3O/c1-14(2,3)13(18)17-10-8-16(9-11-17)12-6-4-5-7-15-12/h4-7H,8-11H2,1-3H3/p+1. The van der Waals surface area contributed by atoms with E-state index in [0.717, 1.165) is 32.0 Å². The van der Waals surface area contributed by atoms with Gasteiger partial charge in [-0.25, -0.2) is 4.98 Å². The van der Waals surface area contributed by atoms with E-state index in [0.29, 0.717) is 0 Å². The number of amides is 1. The Bertz CT molecular complexity index is 403. The third-order valence-electron chi connectivity index (χ3n) is 3.24. The van der Waals surface area contributed by atoms with Crippen LogP contribution >= 0.6 is 0 Å². The molecule has 1 fully saturated rings. The van der Waals surface area contributed by atoms with Gasteiger partial charge in [-0.3, -0.25) is 9.69 Å². The number of aromatic nitrogens is 1. The van der Waals surface area contributed by atoms with E-state index in [9.17, 15) is 4.79 Å². The summed E-state index contributed by atoms with van der Waals surface area (Å²) in [4.78, 5) is 19.7. The second-order valence-electron chi connectivity index (χ2n) is 5.78. The van der Waals surface area contributed by atoms with Crippen molar-refractivity contribution < 1.29 is 9.78 Å². The number of aromatic amines is 1. The molecule has 0 bridgehead atoms. The molecule has 4 heteroatoms. The van der Waals surface area contributed by atoms with Crippen LogP contribution in [0.3, 0.4) is 0 Å². The number of nitrogens with one attached hydrogen (secondary N) is 1. The molecule has 1 saturated heterocycles. The largest absolute Gasteiger partial charge is 0.334 e. The average molecular weight is 248 g/mol. The van der Waals surface area contributed by atoms with E-state index in [1.807, 2.05) is 44.0 Å². The molecule has 4 nitrogen and oxygen atoms in total. The SMILES string of the molecule is CC(C)(C)C(=O)N1CCN(c2cccc[nH+]2)CC1. The second-order valence-corrected chi connectivity index (χ2v) is 5.78. The number of piperazine rings is 1. The maximum absolute atomic E-state index is 12.2. The minimum absolute atomic E-state index is 0.249. The lowest BCUT2D eigenvalue weighted by Gasteiger charge is -2.34. The molecule has 0 aromatic carbocycles. The maximum Gasteiger partial charge on any atom is 0.274 e. The van der Waals surface area contributed by atoms with E-state index in [2.05, 4.69) is 16.0 Å². The number of pyridine rings is 1. The Labute approximate surface area is 109 Å². The van der Waals surface area contributed by atoms with Crippen molar-refractivity contribution in [2.24, 2.45) is 5.41 Å². The van der Waals surface area contributed by atoms with E-state index in [1.165, 1.54) is 0 Å². The average Bonchev–Trinajstić information content (AvgIpc) is 2.38. The fourth-order valence-corrected chi connectivity index (χ4v) is 2.21. The van der Waals surface area contributed by atoms with Gasteiger partial charge in [0.1, 0.15) is 13.1 Å². The Morgan fingerprint density at radius 2 is 1.83 bits per heavy atom. The predicted molar refractivity (Wildman–Crippen MR) is 71.2 cm³/mol. The molecule has 0 aliphatic carbocycles. The van der Waals surface area contributed by atoms with Gasteiger partial charge in [0.25, 0.3) is 5.82 Å². The van der Waals surface area contributed by atoms with E-state index >= 15 is 0 Å². The zero-order valence-electron chi connectivity index (χ0n) is 11.4. The second kappa shape index (κ2) is 4.96. The van der Waals surface area contributed by atoms with Gasteiger partial charge in [-0.1, -0.05) is 26.8 Å². The van der Waals surface area contributed by atoms with Crippen molar-refractivity contribution in [1.29, 1.82) is 0 Å². The van der Waals surface area contributed by atoms with Crippen LogP contribution in [0.1, 0.15) is 20.8 Å². The van der Waals surface area contributed by atoms with Crippen molar-refractivity contribution >= 4 is 11.7 Å². The van der Waals surface area contributed by atoms with E-state index in [1.54, 1.807) is 0 Å². The first-order chi connectivity index (χ1) is 8.48. The molecule has 1 aliphatic heterocycles. The molecule has 18 heavy (non-hydrogen) atoms. The molecule has 2 heterocycles. The van der Waals surface area contributed by atoms with Gasteiger partial charge in [-0.05, 0) is 6.07 Å². The van der Waals surface area contributed by atoms with Gasteiger partial charge >= 0.3 is 0 Å². The molecule has 0 atom stereocenters. The van der Waals surface area contributed by atoms with Crippen molar-refractivity contribution in [3.8, 4) is 0 Å². The number of rotatable bonds is 1. The van der Waals surface area contributed by atoms with Crippen LogP contribution in [0.25, 0.3) is 0 Å². The van der Waals surface area contributed by atoms with Crippen molar-refractivity contribution in [1.82, 2.24) is 4.90 Å². The topological polar surface area (TPSA) is 37.7 Å². The Hall–Kier alpha value is -1.58. The monoisotopic (exact) mass is 248 g/mol. The highest BCUT2D eigenvalue weighted by Gasteiger charge is 2.31. The molecular formula is C14H22N3O+. The van der Waals surface area contributed by atoms with Crippen LogP contribution in [0.4, 0.5) is 5.82 Å². The van der Waals surface area contributed by atoms with Crippen molar-refractivity contribution in [2.75, 3.05) is 31.1 Å². The number of carbonyl (C=O) groups excluding carboxylic acids is 1. The normalized spacial score (nSPS) is 16.8. The van der Waals surface area contributed by atoms with Gasteiger partial charge in [0, 0.05) is 11.5 Å². The van der Waals surface area contributed by atoms with Crippen LogP contribution in [0, 0.1) is 5.41 Å². The zero-order valence-corrected chi connectivity index (χ0v) is 11.4. The third kappa shape index (κ3) is 2.81. The molecular weight excluding hydrogens is 226 g/mol. The lowest BCUT2D eigenvalue weighted by molar-refractivity contribution is -0.364. The number of H-pyrrole nitrogens is 1. The summed E-state index contributed by atoms with van der Waals surface area (Å²) in [7, 11) is 0. The molecule has 2 rings (SSSR count). The smallest absolute Gasteiger partial charge is 0.274 e. The molecule has 1 N–H and O–H groups in total. The Morgan fingerprint density at radius 1 is 1.17 bits per heavy atom. The molecule has 0 radical (unpaired) electrons. The minimum atomic E-state index is -0.277. The first-order valence-electron chi connectivity index (χ1n) is 6.49. The van der Waals surface area contributed by atoms with Crippen molar-refractivity contribution in [3.63, 3.8) is 0 Å². The van der Waals surface area contributed by atoms with E-state index in [-0.39, 0.29) is 11.3 Å². The minimum Gasteiger partial charge on any atom is -0.334 e. The maximum atomic E-state index is 12.2. The third-order valence-corrected chi connectivity index (χ3v) is 3.24. The van der Waals surface area contributed by atoms with E-state index < -0.39 is 0 Å². The fourth-order valence-electron chi connectivity index (χ4n) is 2.21. The molecule has 1 amide bonds. The lowest BCUT2D eigenvalue weighted by atomic mass is 9.94. The first kappa shape index (κ1) is 12.9. The summed E-state index contributed by atoms with van der Waals surface area (Å²) < 4.78 is 0. The first-order valence-corrected chi connectivity index (χ1v) is 6.49. The van der Waals surface area contributed by atoms with Gasteiger partial charge < -0.3 is 4.90 Å². The van der Waals surface area contributed by atoms with Gasteiger partial charge in [-0.2, -0.15) is 0 Å². The molecule has 1 aliphatic rings. The number of carbonyl (C=O) groups is 1. The summed E-state index contributed by atoms with van der Waals surface area (Å²) in [5, 5.41) is 0. The van der Waals surface area contributed by atoms with Crippen LogP contribution in [-0.2, 0) is 4.79 Å². The molecule has 0 saturated carbocycles. The van der Waals surface area contributed by atoms with Crippen molar-refractivity contribution in [3.05, 3.63) is 24.4 Å². The zero-order chi connectivity index (χ0) is 13.2. The van der Waals surface area contributed by atoms with Crippen LogP contribution in [0.2, 0.25) is 0 Å². The summed E-state index contributed by atoms with van der Waals surface area (Å²) >= 11 is 0. The van der Waals surface area contributed by atoms with Gasteiger partial charge in [0.2, 0.25) is 5.91 Å². The fraction of sp³-hybridized carbons (Fsp3) is 0.571. The number of anilines is 1. The van der Waals surface area contributed by atoms with Crippen molar-refractivity contribution in [2.45, 2.75) is 20.8 Å². The van der Waals surface area contributed by atoms with Gasteiger partial charge in [-0.15, -0.1) is 0 Å². The van der Waals surface area contributed by atoms with Gasteiger partial charge in [0.05, 0.1) is 19.3 Å². The highest BCUT2D eigenvalue weighted by Crippen LogP contribution is 2.19. The van der Waals surface area contributed by atoms with Crippen LogP contribution in [0.5, 0.6) is 0 Å². The highest BCUT2D eigenvalue weighted by atomic mass is 16.2. The van der Waals surface area contributed by atoms with E-state index in [4.69, 9.17) is 0 Å². The summed E-state index contributed by atoms with van der Waals surface area (Å²) in [5.74, 6) is 1.37. The summed E-state index contributed by atoms with van der Waals surface area (Å²) in [6, 6.07) is 6.07. The van der Waals surface area contributed by atoms with Gasteiger partial charge in [0.15, 0.2) is 0 Å².